The van der Waals surface area contributed by atoms with Crippen molar-refractivity contribution in [1.82, 2.24) is 15.5 Å². The number of halogens is 1. The number of likely N-dealkylation sites (tertiary alicyclic amines) is 1. The van der Waals surface area contributed by atoms with Gasteiger partial charge in [0.05, 0.1) is 6.42 Å². The lowest BCUT2D eigenvalue weighted by Crippen LogP contribution is -2.51. The monoisotopic (exact) mass is 351 g/mol. The molecule has 2 aliphatic heterocycles. The molecule has 132 valence electrons. The Morgan fingerprint density at radius 1 is 1.12 bits per heavy atom. The maximum absolute atomic E-state index is 12.6. The van der Waals surface area contributed by atoms with Gasteiger partial charge in [-0.1, -0.05) is 30.3 Å². The van der Waals surface area contributed by atoms with E-state index in [-0.39, 0.29) is 36.3 Å². The third-order valence-electron chi connectivity index (χ3n) is 4.76. The van der Waals surface area contributed by atoms with Crippen LogP contribution in [-0.4, -0.2) is 48.4 Å². The maximum Gasteiger partial charge on any atom is 0.243 e. The third-order valence-corrected chi connectivity index (χ3v) is 4.76. The molecular weight excluding hydrogens is 326 g/mol. The lowest BCUT2D eigenvalue weighted by atomic mass is 10.1. The van der Waals surface area contributed by atoms with E-state index in [1.807, 2.05) is 30.3 Å². The molecule has 2 saturated heterocycles. The van der Waals surface area contributed by atoms with E-state index in [0.717, 1.165) is 44.3 Å². The van der Waals surface area contributed by atoms with Crippen molar-refractivity contribution in [2.45, 2.75) is 44.2 Å². The highest BCUT2D eigenvalue weighted by molar-refractivity contribution is 5.89. The Hall–Kier alpha value is -1.59. The molecule has 0 aliphatic carbocycles. The summed E-state index contributed by atoms with van der Waals surface area (Å²) >= 11 is 0. The van der Waals surface area contributed by atoms with E-state index in [1.54, 1.807) is 4.90 Å². The molecule has 2 N–H and O–H groups in total. The summed E-state index contributed by atoms with van der Waals surface area (Å²) in [5, 5.41) is 6.43. The molecule has 5 nitrogen and oxygen atoms in total. The summed E-state index contributed by atoms with van der Waals surface area (Å²) < 4.78 is 0. The van der Waals surface area contributed by atoms with Gasteiger partial charge in [-0.25, -0.2) is 0 Å². The zero-order valence-electron chi connectivity index (χ0n) is 13.9. The Balaban J connectivity index is 0.00000208. The van der Waals surface area contributed by atoms with Gasteiger partial charge in [0.1, 0.15) is 6.04 Å². The molecule has 2 amide bonds. The Morgan fingerprint density at radius 3 is 2.54 bits per heavy atom. The second-order valence-corrected chi connectivity index (χ2v) is 6.44. The second-order valence-electron chi connectivity index (χ2n) is 6.44. The molecule has 6 heteroatoms. The first-order valence-corrected chi connectivity index (χ1v) is 8.58. The van der Waals surface area contributed by atoms with Gasteiger partial charge in [-0.2, -0.15) is 0 Å². The molecule has 0 saturated carbocycles. The van der Waals surface area contributed by atoms with Crippen LogP contribution in [0.1, 0.15) is 31.2 Å². The number of hydrogen-bond donors (Lipinski definition) is 2. The molecule has 2 fully saturated rings. The van der Waals surface area contributed by atoms with Crippen LogP contribution >= 0.6 is 12.4 Å². The van der Waals surface area contributed by atoms with E-state index in [2.05, 4.69) is 10.6 Å². The summed E-state index contributed by atoms with van der Waals surface area (Å²) in [4.78, 5) is 26.9. The molecular formula is C18H26ClN3O2. The topological polar surface area (TPSA) is 61.4 Å². The van der Waals surface area contributed by atoms with E-state index in [9.17, 15) is 9.59 Å². The number of carbonyl (C=O) groups is 2. The molecule has 0 aromatic heterocycles. The predicted molar refractivity (Wildman–Crippen MR) is 96.2 cm³/mol. The van der Waals surface area contributed by atoms with Crippen molar-refractivity contribution in [3.63, 3.8) is 0 Å². The zero-order valence-corrected chi connectivity index (χ0v) is 14.7. The predicted octanol–water partition coefficient (Wildman–Crippen LogP) is 1.51. The van der Waals surface area contributed by atoms with Gasteiger partial charge in [-0.15, -0.1) is 12.4 Å². The smallest absolute Gasteiger partial charge is 0.243 e. The number of benzene rings is 1. The normalized spacial score (nSPS) is 21.2. The summed E-state index contributed by atoms with van der Waals surface area (Å²) in [6.07, 6.45) is 3.99. The van der Waals surface area contributed by atoms with Gasteiger partial charge in [0.15, 0.2) is 0 Å². The Morgan fingerprint density at radius 2 is 1.83 bits per heavy atom. The first-order chi connectivity index (χ1) is 11.2. The SMILES string of the molecule is Cl.O=C(NC1CCNCC1)C1CCCN1C(=O)Cc1ccccc1. The quantitative estimate of drug-likeness (QED) is 0.864. The average Bonchev–Trinajstić information content (AvgIpc) is 3.06. The van der Waals surface area contributed by atoms with Crippen LogP contribution in [0.4, 0.5) is 0 Å². The second kappa shape index (κ2) is 9.04. The molecule has 2 heterocycles. The largest absolute Gasteiger partial charge is 0.351 e. The van der Waals surface area contributed by atoms with E-state index >= 15 is 0 Å². The molecule has 0 bridgehead atoms. The van der Waals surface area contributed by atoms with Gasteiger partial charge >= 0.3 is 0 Å². The summed E-state index contributed by atoms with van der Waals surface area (Å²) in [7, 11) is 0. The average molecular weight is 352 g/mol. The van der Waals surface area contributed by atoms with Crippen LogP contribution in [0.5, 0.6) is 0 Å². The van der Waals surface area contributed by atoms with Crippen LogP contribution in [0, 0.1) is 0 Å². The molecule has 0 spiro atoms. The van der Waals surface area contributed by atoms with Crippen LogP contribution in [0.3, 0.4) is 0 Å². The summed E-state index contributed by atoms with van der Waals surface area (Å²) in [5.41, 5.74) is 1.00. The van der Waals surface area contributed by atoms with E-state index < -0.39 is 0 Å². The van der Waals surface area contributed by atoms with Crippen molar-refractivity contribution in [1.29, 1.82) is 0 Å². The van der Waals surface area contributed by atoms with Crippen LogP contribution in [0.2, 0.25) is 0 Å². The van der Waals surface area contributed by atoms with Crippen LogP contribution in [-0.2, 0) is 16.0 Å². The minimum Gasteiger partial charge on any atom is -0.351 e. The van der Waals surface area contributed by atoms with Crippen molar-refractivity contribution < 1.29 is 9.59 Å². The number of carbonyl (C=O) groups excluding carboxylic acids is 2. The standard InChI is InChI=1S/C18H25N3O2.ClH/c22-17(13-14-5-2-1-3-6-14)21-12-4-7-16(21)18(23)20-15-8-10-19-11-9-15;/h1-3,5-6,15-16,19H,4,7-13H2,(H,20,23);1H. The van der Waals surface area contributed by atoms with Crippen molar-refractivity contribution in [3.05, 3.63) is 35.9 Å². The van der Waals surface area contributed by atoms with E-state index in [1.165, 1.54) is 0 Å². The van der Waals surface area contributed by atoms with Crippen LogP contribution in [0.15, 0.2) is 30.3 Å². The zero-order chi connectivity index (χ0) is 16.1. The van der Waals surface area contributed by atoms with Gasteiger partial charge in [0.25, 0.3) is 0 Å². The molecule has 1 atom stereocenters. The number of amides is 2. The fraction of sp³-hybridized carbons (Fsp3) is 0.556. The van der Waals surface area contributed by atoms with Gasteiger partial charge < -0.3 is 15.5 Å². The number of rotatable bonds is 4. The molecule has 3 rings (SSSR count). The number of nitrogens with one attached hydrogen (secondary N) is 2. The van der Waals surface area contributed by atoms with E-state index in [0.29, 0.717) is 13.0 Å². The van der Waals surface area contributed by atoms with Crippen molar-refractivity contribution in [2.75, 3.05) is 19.6 Å². The molecule has 2 aliphatic rings. The van der Waals surface area contributed by atoms with Crippen molar-refractivity contribution >= 4 is 24.2 Å². The van der Waals surface area contributed by atoms with Gasteiger partial charge in [-0.05, 0) is 44.3 Å². The molecule has 0 radical (unpaired) electrons. The lowest BCUT2D eigenvalue weighted by Gasteiger charge is -2.28. The lowest BCUT2D eigenvalue weighted by molar-refractivity contribution is -0.138. The number of hydrogen-bond acceptors (Lipinski definition) is 3. The highest BCUT2D eigenvalue weighted by Crippen LogP contribution is 2.19. The Labute approximate surface area is 149 Å². The van der Waals surface area contributed by atoms with Gasteiger partial charge in [0.2, 0.25) is 11.8 Å². The van der Waals surface area contributed by atoms with Crippen LogP contribution < -0.4 is 10.6 Å². The summed E-state index contributed by atoms with van der Waals surface area (Å²) in [6.45, 7) is 2.59. The molecule has 1 aromatic carbocycles. The minimum absolute atomic E-state index is 0. The first-order valence-electron chi connectivity index (χ1n) is 8.58. The minimum atomic E-state index is -0.291. The van der Waals surface area contributed by atoms with Crippen LogP contribution in [0.25, 0.3) is 0 Å². The molecule has 1 aromatic rings. The summed E-state index contributed by atoms with van der Waals surface area (Å²) in [6, 6.07) is 9.69. The molecule has 1 unspecified atom stereocenters. The Bertz CT molecular complexity index is 546. The fourth-order valence-corrected chi connectivity index (χ4v) is 3.47. The van der Waals surface area contributed by atoms with Crippen molar-refractivity contribution in [3.8, 4) is 0 Å². The van der Waals surface area contributed by atoms with E-state index in [4.69, 9.17) is 0 Å². The highest BCUT2D eigenvalue weighted by Gasteiger charge is 2.34. The first kappa shape index (κ1) is 18.7. The van der Waals surface area contributed by atoms with Crippen molar-refractivity contribution in [2.24, 2.45) is 0 Å². The fourth-order valence-electron chi connectivity index (χ4n) is 3.47. The highest BCUT2D eigenvalue weighted by atomic mass is 35.5. The summed E-state index contributed by atoms with van der Waals surface area (Å²) in [5.74, 6) is 0.0787. The third kappa shape index (κ3) is 4.71. The molecule has 24 heavy (non-hydrogen) atoms. The maximum atomic E-state index is 12.6. The Kier molecular flexibility index (Phi) is 7.06. The number of nitrogens with zero attached hydrogens (tertiary/aromatic N) is 1. The van der Waals surface area contributed by atoms with Gasteiger partial charge in [-0.3, -0.25) is 9.59 Å². The van der Waals surface area contributed by atoms with Gasteiger partial charge in [0, 0.05) is 12.6 Å². The number of piperidine rings is 1.